The van der Waals surface area contributed by atoms with Gasteiger partial charge >= 0.3 is 0 Å². The van der Waals surface area contributed by atoms with Gasteiger partial charge in [0.1, 0.15) is 0 Å². The van der Waals surface area contributed by atoms with Gasteiger partial charge in [-0.05, 0) is 76.9 Å². The van der Waals surface area contributed by atoms with Crippen molar-refractivity contribution in [3.63, 3.8) is 0 Å². The van der Waals surface area contributed by atoms with Gasteiger partial charge in [0.05, 0.1) is 17.1 Å². The zero-order chi connectivity index (χ0) is 21.0. The first kappa shape index (κ1) is 18.6. The average Bonchev–Trinajstić information content (AvgIpc) is 2.85. The quantitative estimate of drug-likeness (QED) is 0.349. The third-order valence-electron chi connectivity index (χ3n) is 5.34. The number of rotatable bonds is 4. The summed E-state index contributed by atoms with van der Waals surface area (Å²) in [5.74, 6) is 0. The van der Waals surface area contributed by atoms with Gasteiger partial charge in [0, 0.05) is 23.0 Å². The highest BCUT2D eigenvalue weighted by atomic mass is 14.9. The Labute approximate surface area is 181 Å². The van der Waals surface area contributed by atoms with E-state index in [1.165, 1.54) is 11.1 Å². The summed E-state index contributed by atoms with van der Waals surface area (Å²) in [4.78, 5) is 4.39. The van der Waals surface area contributed by atoms with E-state index >= 15 is 0 Å². The highest BCUT2D eigenvalue weighted by molar-refractivity contribution is 5.84. The number of hydrogen-bond acceptors (Lipinski definition) is 3. The van der Waals surface area contributed by atoms with Crippen molar-refractivity contribution in [3.8, 4) is 28.3 Å². The standard InChI is InChI=1S/C28H19N3/c29-19-20-3-5-21(6-4-20)22-7-12-26(13-8-22)31-27-14-9-23(10-15-27)24-11-16-28-25(18-24)2-1-17-30-28/h1-18,31H. The molecule has 1 N–H and O–H groups in total. The molecule has 3 heteroatoms. The monoisotopic (exact) mass is 397 g/mol. The molecule has 0 saturated carbocycles. The summed E-state index contributed by atoms with van der Waals surface area (Å²) in [6, 6.07) is 36.9. The number of hydrogen-bond donors (Lipinski definition) is 1. The van der Waals surface area contributed by atoms with E-state index in [1.54, 1.807) is 0 Å². The minimum absolute atomic E-state index is 0.672. The maximum atomic E-state index is 8.94. The topological polar surface area (TPSA) is 48.7 Å². The third kappa shape index (κ3) is 4.01. The Bertz CT molecular complexity index is 1380. The maximum Gasteiger partial charge on any atom is 0.0991 e. The van der Waals surface area contributed by atoms with Crippen LogP contribution in [0.3, 0.4) is 0 Å². The first-order valence-electron chi connectivity index (χ1n) is 10.1. The van der Waals surface area contributed by atoms with Crippen LogP contribution in [0.25, 0.3) is 33.2 Å². The molecule has 0 atom stereocenters. The fourth-order valence-corrected chi connectivity index (χ4v) is 3.65. The summed E-state index contributed by atoms with van der Waals surface area (Å²) in [5, 5.41) is 13.5. The van der Waals surface area contributed by atoms with E-state index < -0.39 is 0 Å². The van der Waals surface area contributed by atoms with E-state index in [2.05, 4.69) is 89.2 Å². The lowest BCUT2D eigenvalue weighted by Gasteiger charge is -2.09. The summed E-state index contributed by atoms with van der Waals surface area (Å²) < 4.78 is 0. The molecule has 0 aliphatic carbocycles. The lowest BCUT2D eigenvalue weighted by atomic mass is 10.0. The molecule has 3 nitrogen and oxygen atoms in total. The Kier molecular flexibility index (Phi) is 4.88. The smallest absolute Gasteiger partial charge is 0.0991 e. The second-order valence-corrected chi connectivity index (χ2v) is 7.38. The Balaban J connectivity index is 1.31. The Morgan fingerprint density at radius 2 is 1.16 bits per heavy atom. The largest absolute Gasteiger partial charge is 0.356 e. The van der Waals surface area contributed by atoms with Gasteiger partial charge in [-0.1, -0.05) is 48.5 Å². The number of nitrogens with one attached hydrogen (secondary N) is 1. The molecule has 1 aromatic heterocycles. The van der Waals surface area contributed by atoms with Crippen molar-refractivity contribution < 1.29 is 0 Å². The second kappa shape index (κ2) is 8.14. The van der Waals surface area contributed by atoms with Crippen LogP contribution in [0.15, 0.2) is 109 Å². The van der Waals surface area contributed by atoms with Gasteiger partial charge in [0.15, 0.2) is 0 Å². The summed E-state index contributed by atoms with van der Waals surface area (Å²) in [5.41, 5.74) is 8.32. The number of anilines is 2. The van der Waals surface area contributed by atoms with Crippen molar-refractivity contribution in [2.24, 2.45) is 0 Å². The summed E-state index contributed by atoms with van der Waals surface area (Å²) >= 11 is 0. The van der Waals surface area contributed by atoms with Gasteiger partial charge in [-0.15, -0.1) is 0 Å². The Hall–Kier alpha value is -4.42. The molecule has 146 valence electrons. The van der Waals surface area contributed by atoms with Crippen molar-refractivity contribution in [2.45, 2.75) is 0 Å². The van der Waals surface area contributed by atoms with E-state index in [9.17, 15) is 0 Å². The van der Waals surface area contributed by atoms with E-state index in [1.807, 2.05) is 36.5 Å². The summed E-state index contributed by atoms with van der Waals surface area (Å²) in [7, 11) is 0. The fourth-order valence-electron chi connectivity index (χ4n) is 3.65. The summed E-state index contributed by atoms with van der Waals surface area (Å²) in [6.07, 6.45) is 1.82. The first-order chi connectivity index (χ1) is 15.3. The fraction of sp³-hybridized carbons (Fsp3) is 0. The van der Waals surface area contributed by atoms with Crippen LogP contribution in [0.1, 0.15) is 5.56 Å². The first-order valence-corrected chi connectivity index (χ1v) is 10.1. The molecule has 0 spiro atoms. The molecule has 31 heavy (non-hydrogen) atoms. The van der Waals surface area contributed by atoms with Gasteiger partial charge in [-0.25, -0.2) is 0 Å². The molecule has 0 unspecified atom stereocenters. The number of fused-ring (bicyclic) bond motifs is 1. The third-order valence-corrected chi connectivity index (χ3v) is 5.34. The molecule has 0 aliphatic rings. The van der Waals surface area contributed by atoms with E-state index in [4.69, 9.17) is 5.26 Å². The van der Waals surface area contributed by atoms with E-state index in [0.29, 0.717) is 5.56 Å². The molecule has 1 heterocycles. The van der Waals surface area contributed by atoms with Crippen LogP contribution in [-0.2, 0) is 0 Å². The predicted molar refractivity (Wildman–Crippen MR) is 127 cm³/mol. The van der Waals surface area contributed by atoms with Crippen LogP contribution >= 0.6 is 0 Å². The normalized spacial score (nSPS) is 10.5. The number of pyridine rings is 1. The molecule has 0 bridgehead atoms. The number of nitrogens with zero attached hydrogens (tertiary/aromatic N) is 2. The SMILES string of the molecule is N#Cc1ccc(-c2ccc(Nc3ccc(-c4ccc5ncccc5c4)cc3)cc2)cc1. The molecule has 5 aromatic rings. The van der Waals surface area contributed by atoms with E-state index in [0.717, 1.165) is 33.4 Å². The van der Waals surface area contributed by atoms with Crippen LogP contribution in [0, 0.1) is 11.3 Å². The molecular weight excluding hydrogens is 378 g/mol. The number of benzene rings is 4. The highest BCUT2D eigenvalue weighted by Crippen LogP contribution is 2.27. The molecule has 0 saturated heterocycles. The second-order valence-electron chi connectivity index (χ2n) is 7.38. The van der Waals surface area contributed by atoms with Gasteiger partial charge in [0.2, 0.25) is 0 Å². The zero-order valence-electron chi connectivity index (χ0n) is 16.8. The average molecular weight is 397 g/mol. The van der Waals surface area contributed by atoms with Crippen molar-refractivity contribution in [3.05, 3.63) is 115 Å². The van der Waals surface area contributed by atoms with Crippen LogP contribution in [-0.4, -0.2) is 4.98 Å². The lowest BCUT2D eigenvalue weighted by molar-refractivity contribution is 1.41. The molecule has 4 aromatic carbocycles. The van der Waals surface area contributed by atoms with Gasteiger partial charge < -0.3 is 5.32 Å². The van der Waals surface area contributed by atoms with E-state index in [-0.39, 0.29) is 0 Å². The summed E-state index contributed by atoms with van der Waals surface area (Å²) in [6.45, 7) is 0. The van der Waals surface area contributed by atoms with Crippen LogP contribution in [0.4, 0.5) is 11.4 Å². The minimum atomic E-state index is 0.672. The van der Waals surface area contributed by atoms with Crippen LogP contribution < -0.4 is 5.32 Å². The molecule has 0 amide bonds. The molecule has 5 rings (SSSR count). The predicted octanol–water partition coefficient (Wildman–Crippen LogP) is 7.18. The van der Waals surface area contributed by atoms with Gasteiger partial charge in [-0.3, -0.25) is 4.98 Å². The zero-order valence-corrected chi connectivity index (χ0v) is 16.8. The number of nitriles is 1. The molecular formula is C28H19N3. The van der Waals surface area contributed by atoms with Crippen molar-refractivity contribution >= 4 is 22.3 Å². The Morgan fingerprint density at radius 1 is 0.613 bits per heavy atom. The van der Waals surface area contributed by atoms with Crippen molar-refractivity contribution in [1.82, 2.24) is 4.98 Å². The van der Waals surface area contributed by atoms with Crippen LogP contribution in [0.2, 0.25) is 0 Å². The van der Waals surface area contributed by atoms with Gasteiger partial charge in [-0.2, -0.15) is 5.26 Å². The van der Waals surface area contributed by atoms with Crippen molar-refractivity contribution in [2.75, 3.05) is 5.32 Å². The lowest BCUT2D eigenvalue weighted by Crippen LogP contribution is -1.90. The van der Waals surface area contributed by atoms with Gasteiger partial charge in [0.25, 0.3) is 0 Å². The molecule has 0 radical (unpaired) electrons. The highest BCUT2D eigenvalue weighted by Gasteiger charge is 2.03. The Morgan fingerprint density at radius 3 is 1.77 bits per heavy atom. The van der Waals surface area contributed by atoms with Crippen LogP contribution in [0.5, 0.6) is 0 Å². The minimum Gasteiger partial charge on any atom is -0.356 e. The molecule has 0 fully saturated rings. The number of aromatic nitrogens is 1. The van der Waals surface area contributed by atoms with Crippen molar-refractivity contribution in [1.29, 1.82) is 5.26 Å². The molecule has 0 aliphatic heterocycles. The maximum absolute atomic E-state index is 8.94.